The molecule has 5 heteroatoms. The summed E-state index contributed by atoms with van der Waals surface area (Å²) in [4.78, 5) is 0. The molecule has 28 heavy (non-hydrogen) atoms. The largest absolute Gasteiger partial charge is 0.248 e. The molecule has 0 radical (unpaired) electrons. The minimum absolute atomic E-state index is 0.0756. The molecule has 3 rings (SSSR count). The van der Waals surface area contributed by atoms with Crippen LogP contribution in [-0.4, -0.2) is 5.92 Å². The lowest BCUT2D eigenvalue weighted by Crippen LogP contribution is -2.24. The van der Waals surface area contributed by atoms with Gasteiger partial charge >= 0.3 is 0 Å². The van der Waals surface area contributed by atoms with Gasteiger partial charge in [-0.05, 0) is 55.0 Å². The molecule has 0 atom stereocenters. The lowest BCUT2D eigenvalue weighted by Gasteiger charge is -2.28. The first-order valence-electron chi connectivity index (χ1n) is 9.11. The van der Waals surface area contributed by atoms with Crippen molar-refractivity contribution in [3.63, 3.8) is 0 Å². The third-order valence-electron chi connectivity index (χ3n) is 4.95. The van der Waals surface area contributed by atoms with E-state index in [9.17, 15) is 22.0 Å². The van der Waals surface area contributed by atoms with Crippen LogP contribution in [0.3, 0.4) is 0 Å². The Kier molecular flexibility index (Phi) is 5.88. The first-order valence-corrected chi connectivity index (χ1v) is 9.11. The molecule has 1 fully saturated rings. The number of allylic oxidation sites excluding steroid dienone is 1. The molecule has 0 amide bonds. The van der Waals surface area contributed by atoms with Gasteiger partial charge in [-0.1, -0.05) is 36.1 Å². The molecule has 0 nitrogen and oxygen atoms in total. The lowest BCUT2D eigenvalue weighted by atomic mass is 9.82. The fraction of sp³-hybridized carbons (Fsp3) is 0.304. The number of rotatable bonds is 2. The number of hydrogen-bond donors (Lipinski definition) is 0. The molecule has 146 valence electrons. The Balaban J connectivity index is 1.84. The van der Waals surface area contributed by atoms with Crippen LogP contribution in [0.2, 0.25) is 0 Å². The summed E-state index contributed by atoms with van der Waals surface area (Å²) < 4.78 is 69.5. The highest BCUT2D eigenvalue weighted by Gasteiger charge is 2.36. The second-order valence-corrected chi connectivity index (χ2v) is 6.95. The maximum atomic E-state index is 14.5. The number of halogens is 5. The predicted octanol–water partition coefficient (Wildman–Crippen LogP) is 6.83. The Morgan fingerprint density at radius 2 is 1.57 bits per heavy atom. The molecule has 0 aliphatic heterocycles. The van der Waals surface area contributed by atoms with Crippen molar-refractivity contribution in [2.75, 3.05) is 0 Å². The van der Waals surface area contributed by atoms with E-state index < -0.39 is 29.3 Å². The van der Waals surface area contributed by atoms with E-state index in [-0.39, 0.29) is 42.4 Å². The van der Waals surface area contributed by atoms with Crippen LogP contribution >= 0.6 is 0 Å². The summed E-state index contributed by atoms with van der Waals surface area (Å²) in [6, 6.07) is 7.17. The minimum atomic E-state index is -2.73. The zero-order valence-corrected chi connectivity index (χ0v) is 15.3. The normalized spacial score (nSPS) is 16.8. The summed E-state index contributed by atoms with van der Waals surface area (Å²) in [5, 5.41) is 0. The molecule has 0 spiro atoms. The molecule has 0 bridgehead atoms. The number of alkyl halides is 2. The molecule has 0 saturated heterocycles. The smallest absolute Gasteiger partial charge is 0.207 e. The first kappa shape index (κ1) is 20.1. The van der Waals surface area contributed by atoms with Gasteiger partial charge in [0.05, 0.1) is 11.1 Å². The summed E-state index contributed by atoms with van der Waals surface area (Å²) >= 11 is 0. The van der Waals surface area contributed by atoms with Crippen LogP contribution in [0.1, 0.15) is 60.8 Å². The van der Waals surface area contributed by atoms with Gasteiger partial charge in [-0.3, -0.25) is 0 Å². The van der Waals surface area contributed by atoms with Crippen LogP contribution in [0, 0.1) is 29.3 Å². The van der Waals surface area contributed by atoms with E-state index in [1.165, 1.54) is 24.3 Å². The van der Waals surface area contributed by atoms with Gasteiger partial charge in [-0.15, -0.1) is 0 Å². The maximum Gasteiger partial charge on any atom is 0.248 e. The molecule has 0 N–H and O–H groups in total. The Morgan fingerprint density at radius 3 is 2.21 bits per heavy atom. The standard InChI is InChI=1S/C23H19F5/c1-2-3-15-4-5-17(20(24)14-15)6-7-18-8-9-19(22(26)21(18)25)16-10-12-23(27,28)13-11-16/h2-5,8-9,14,16H,10-13H2,1H3/b3-2+. The van der Waals surface area contributed by atoms with Crippen molar-refractivity contribution in [1.82, 2.24) is 0 Å². The van der Waals surface area contributed by atoms with Crippen molar-refractivity contribution >= 4 is 6.08 Å². The zero-order valence-electron chi connectivity index (χ0n) is 15.3. The van der Waals surface area contributed by atoms with Crippen molar-refractivity contribution in [2.24, 2.45) is 0 Å². The van der Waals surface area contributed by atoms with Crippen LogP contribution in [0.25, 0.3) is 6.08 Å². The van der Waals surface area contributed by atoms with Gasteiger partial charge in [0, 0.05) is 12.8 Å². The second-order valence-electron chi connectivity index (χ2n) is 6.95. The van der Waals surface area contributed by atoms with E-state index in [1.807, 2.05) is 6.92 Å². The van der Waals surface area contributed by atoms with Crippen LogP contribution < -0.4 is 0 Å². The van der Waals surface area contributed by atoms with E-state index in [0.29, 0.717) is 5.56 Å². The van der Waals surface area contributed by atoms with E-state index in [0.717, 1.165) is 0 Å². The van der Waals surface area contributed by atoms with E-state index in [4.69, 9.17) is 0 Å². The SMILES string of the molecule is C/C=C/c1ccc(C#Cc2ccc(C3CCC(F)(F)CC3)c(F)c2F)c(F)c1. The van der Waals surface area contributed by atoms with Gasteiger partial charge in [0.25, 0.3) is 0 Å². The van der Waals surface area contributed by atoms with Crippen molar-refractivity contribution < 1.29 is 22.0 Å². The topological polar surface area (TPSA) is 0 Å². The van der Waals surface area contributed by atoms with Crippen molar-refractivity contribution in [3.8, 4) is 11.8 Å². The summed E-state index contributed by atoms with van der Waals surface area (Å²) in [7, 11) is 0. The lowest BCUT2D eigenvalue weighted by molar-refractivity contribution is -0.0384. The second kappa shape index (κ2) is 8.18. The Bertz CT molecular complexity index is 953. The van der Waals surface area contributed by atoms with Crippen LogP contribution in [0.15, 0.2) is 36.4 Å². The van der Waals surface area contributed by atoms with Crippen molar-refractivity contribution in [2.45, 2.75) is 44.4 Å². The highest BCUT2D eigenvalue weighted by atomic mass is 19.3. The van der Waals surface area contributed by atoms with Crippen LogP contribution in [0.4, 0.5) is 22.0 Å². The first-order chi connectivity index (χ1) is 13.3. The predicted molar refractivity (Wildman–Crippen MR) is 99.6 cm³/mol. The Morgan fingerprint density at radius 1 is 0.929 bits per heavy atom. The molecular weight excluding hydrogens is 371 g/mol. The molecule has 2 aromatic carbocycles. The van der Waals surface area contributed by atoms with Gasteiger partial charge in [-0.2, -0.15) is 0 Å². The molecule has 0 unspecified atom stereocenters. The minimum Gasteiger partial charge on any atom is -0.207 e. The average molecular weight is 390 g/mol. The molecule has 0 heterocycles. The summed E-state index contributed by atoms with van der Waals surface area (Å²) in [6.45, 7) is 1.81. The molecule has 1 saturated carbocycles. The van der Waals surface area contributed by atoms with Gasteiger partial charge in [0.2, 0.25) is 5.92 Å². The average Bonchev–Trinajstić information content (AvgIpc) is 2.65. The maximum absolute atomic E-state index is 14.5. The summed E-state index contributed by atoms with van der Waals surface area (Å²) in [5.74, 6) is -0.933. The van der Waals surface area contributed by atoms with Gasteiger partial charge in [0.15, 0.2) is 11.6 Å². The summed E-state index contributed by atoms with van der Waals surface area (Å²) in [6.07, 6.45) is 3.06. The summed E-state index contributed by atoms with van der Waals surface area (Å²) in [5.41, 5.74) is 0.650. The Labute approximate surface area is 161 Å². The highest BCUT2D eigenvalue weighted by molar-refractivity contribution is 5.53. The van der Waals surface area contributed by atoms with E-state index in [2.05, 4.69) is 11.8 Å². The fourth-order valence-corrected chi connectivity index (χ4v) is 3.39. The highest BCUT2D eigenvalue weighted by Crippen LogP contribution is 2.41. The van der Waals surface area contributed by atoms with Crippen molar-refractivity contribution in [1.29, 1.82) is 0 Å². The van der Waals surface area contributed by atoms with E-state index in [1.54, 1.807) is 18.2 Å². The molecule has 2 aromatic rings. The third kappa shape index (κ3) is 4.44. The quantitative estimate of drug-likeness (QED) is 0.389. The van der Waals surface area contributed by atoms with Crippen LogP contribution in [-0.2, 0) is 0 Å². The van der Waals surface area contributed by atoms with E-state index >= 15 is 0 Å². The number of benzene rings is 2. The molecule has 0 aromatic heterocycles. The molecule has 1 aliphatic carbocycles. The van der Waals surface area contributed by atoms with Gasteiger partial charge in [-0.25, -0.2) is 22.0 Å². The third-order valence-corrected chi connectivity index (χ3v) is 4.95. The molecular formula is C23H19F5. The van der Waals surface area contributed by atoms with Crippen molar-refractivity contribution in [3.05, 3.63) is 76.1 Å². The van der Waals surface area contributed by atoms with Gasteiger partial charge in [0.1, 0.15) is 5.82 Å². The number of hydrogen-bond acceptors (Lipinski definition) is 0. The fourth-order valence-electron chi connectivity index (χ4n) is 3.39. The Hall–Kier alpha value is -2.61. The monoisotopic (exact) mass is 390 g/mol. The van der Waals surface area contributed by atoms with Crippen LogP contribution in [0.5, 0.6) is 0 Å². The molecule has 1 aliphatic rings. The zero-order chi connectivity index (χ0) is 20.3. The van der Waals surface area contributed by atoms with Gasteiger partial charge < -0.3 is 0 Å².